The number of ether oxygens (including phenoxy) is 1. The Morgan fingerprint density at radius 3 is 2.67 bits per heavy atom. The van der Waals surface area contributed by atoms with E-state index in [1.165, 1.54) is 6.33 Å². The Morgan fingerprint density at radius 2 is 2.04 bits per heavy atom. The van der Waals surface area contributed by atoms with E-state index in [0.717, 1.165) is 24.3 Å². The van der Waals surface area contributed by atoms with Crippen LogP contribution in [0.2, 0.25) is 0 Å². The number of carbonyl (C=O) groups excluding carboxylic acids is 1. The van der Waals surface area contributed by atoms with Crippen LogP contribution in [0.25, 0.3) is 0 Å². The number of amides is 1. The molecule has 1 aromatic carbocycles. The van der Waals surface area contributed by atoms with Gasteiger partial charge in [0.05, 0.1) is 24.8 Å². The third-order valence-electron chi connectivity index (χ3n) is 4.75. The average molecular weight is 371 g/mol. The third-order valence-corrected chi connectivity index (χ3v) is 4.75. The van der Waals surface area contributed by atoms with Gasteiger partial charge in [0.1, 0.15) is 12.7 Å². The molecule has 0 saturated carbocycles. The van der Waals surface area contributed by atoms with Gasteiger partial charge in [-0.2, -0.15) is 5.10 Å². The van der Waals surface area contributed by atoms with Crippen LogP contribution in [0.5, 0.6) is 0 Å². The SMILES string of the molecule is CC(C)[C@H](C(=O)Nc1cccc(Cn2cncn2)c1)N1C[C@@H](C)O[C@H](C)C1. The summed E-state index contributed by atoms with van der Waals surface area (Å²) in [6.07, 6.45) is 3.46. The average Bonchev–Trinajstić information content (AvgIpc) is 3.07. The molecule has 3 rings (SSSR count). The van der Waals surface area contributed by atoms with Crippen molar-refractivity contribution in [3.8, 4) is 0 Å². The molecule has 7 heteroatoms. The first kappa shape index (κ1) is 19.5. The summed E-state index contributed by atoms with van der Waals surface area (Å²) in [5.74, 6) is 0.241. The van der Waals surface area contributed by atoms with E-state index in [9.17, 15) is 4.79 Å². The zero-order chi connectivity index (χ0) is 19.4. The van der Waals surface area contributed by atoms with Gasteiger partial charge in [-0.05, 0) is 37.5 Å². The molecule has 1 N–H and O–H groups in total. The van der Waals surface area contributed by atoms with E-state index < -0.39 is 0 Å². The first-order chi connectivity index (χ1) is 12.9. The van der Waals surface area contributed by atoms with Crippen LogP contribution in [0.4, 0.5) is 5.69 Å². The van der Waals surface area contributed by atoms with Crippen molar-refractivity contribution in [2.24, 2.45) is 5.92 Å². The second-order valence-corrected chi connectivity index (χ2v) is 7.68. The van der Waals surface area contributed by atoms with Crippen LogP contribution in [-0.4, -0.2) is 56.9 Å². The van der Waals surface area contributed by atoms with Gasteiger partial charge < -0.3 is 10.1 Å². The summed E-state index contributed by atoms with van der Waals surface area (Å²) in [6, 6.07) is 7.69. The summed E-state index contributed by atoms with van der Waals surface area (Å²) in [5.41, 5.74) is 1.87. The van der Waals surface area contributed by atoms with Gasteiger partial charge in [-0.3, -0.25) is 9.69 Å². The molecule has 27 heavy (non-hydrogen) atoms. The zero-order valence-electron chi connectivity index (χ0n) is 16.5. The maximum Gasteiger partial charge on any atom is 0.241 e. The first-order valence-electron chi connectivity index (χ1n) is 9.54. The summed E-state index contributed by atoms with van der Waals surface area (Å²) in [4.78, 5) is 19.3. The Hall–Kier alpha value is -2.25. The highest BCUT2D eigenvalue weighted by Gasteiger charge is 2.34. The highest BCUT2D eigenvalue weighted by molar-refractivity contribution is 5.95. The quantitative estimate of drug-likeness (QED) is 0.844. The monoisotopic (exact) mass is 371 g/mol. The fourth-order valence-electron chi connectivity index (χ4n) is 3.80. The van der Waals surface area contributed by atoms with Gasteiger partial charge in [-0.1, -0.05) is 26.0 Å². The third kappa shape index (κ3) is 5.14. The Bertz CT molecular complexity index is 737. The number of nitrogens with zero attached hydrogens (tertiary/aromatic N) is 4. The number of hydrogen-bond donors (Lipinski definition) is 1. The largest absolute Gasteiger partial charge is 0.373 e. The van der Waals surface area contributed by atoms with E-state index in [1.807, 2.05) is 24.3 Å². The number of morpholine rings is 1. The molecule has 1 saturated heterocycles. The van der Waals surface area contributed by atoms with Crippen molar-refractivity contribution in [2.75, 3.05) is 18.4 Å². The van der Waals surface area contributed by atoms with Crippen molar-refractivity contribution in [1.82, 2.24) is 19.7 Å². The van der Waals surface area contributed by atoms with Crippen LogP contribution in [0.1, 0.15) is 33.3 Å². The summed E-state index contributed by atoms with van der Waals surface area (Å²) in [5, 5.41) is 7.23. The molecule has 7 nitrogen and oxygen atoms in total. The highest BCUT2D eigenvalue weighted by Crippen LogP contribution is 2.21. The fraction of sp³-hybridized carbons (Fsp3) is 0.550. The Kier molecular flexibility index (Phi) is 6.23. The van der Waals surface area contributed by atoms with E-state index in [4.69, 9.17) is 4.74 Å². The van der Waals surface area contributed by atoms with Gasteiger partial charge in [0.15, 0.2) is 0 Å². The van der Waals surface area contributed by atoms with Crippen molar-refractivity contribution < 1.29 is 9.53 Å². The van der Waals surface area contributed by atoms with Crippen molar-refractivity contribution in [2.45, 2.75) is 52.5 Å². The van der Waals surface area contributed by atoms with Gasteiger partial charge in [-0.15, -0.1) is 0 Å². The lowest BCUT2D eigenvalue weighted by atomic mass is 9.99. The maximum atomic E-state index is 13.1. The second-order valence-electron chi connectivity index (χ2n) is 7.68. The number of carbonyl (C=O) groups is 1. The Balaban J connectivity index is 1.70. The van der Waals surface area contributed by atoms with Crippen molar-refractivity contribution in [3.63, 3.8) is 0 Å². The molecule has 2 aromatic rings. The predicted octanol–water partition coefficient (Wildman–Crippen LogP) is 2.40. The highest BCUT2D eigenvalue weighted by atomic mass is 16.5. The molecule has 0 aliphatic carbocycles. The molecule has 1 aliphatic heterocycles. The smallest absolute Gasteiger partial charge is 0.241 e. The molecule has 0 unspecified atom stereocenters. The zero-order valence-corrected chi connectivity index (χ0v) is 16.5. The van der Waals surface area contributed by atoms with Gasteiger partial charge >= 0.3 is 0 Å². The standard InChI is InChI=1S/C20H29N5O2/c1-14(2)19(24-9-15(3)27-16(4)10-24)20(26)23-18-7-5-6-17(8-18)11-25-13-21-12-22-25/h5-8,12-16,19H,9-11H2,1-4H3,(H,23,26)/t15-,16-,19-/m1/s1. The summed E-state index contributed by atoms with van der Waals surface area (Å²) in [7, 11) is 0. The lowest BCUT2D eigenvalue weighted by Gasteiger charge is -2.41. The molecular formula is C20H29N5O2. The van der Waals surface area contributed by atoms with Crippen LogP contribution in [-0.2, 0) is 16.1 Å². The Labute approximate surface area is 160 Å². The molecule has 0 bridgehead atoms. The molecule has 1 aromatic heterocycles. The van der Waals surface area contributed by atoms with E-state index in [2.05, 4.69) is 48.0 Å². The number of hydrogen-bond acceptors (Lipinski definition) is 5. The summed E-state index contributed by atoms with van der Waals surface area (Å²) < 4.78 is 7.58. The van der Waals surface area contributed by atoms with E-state index >= 15 is 0 Å². The molecule has 0 spiro atoms. The van der Waals surface area contributed by atoms with E-state index in [1.54, 1.807) is 11.0 Å². The van der Waals surface area contributed by atoms with Gasteiger partial charge in [0.25, 0.3) is 0 Å². The van der Waals surface area contributed by atoms with Crippen LogP contribution in [0.15, 0.2) is 36.9 Å². The minimum absolute atomic E-state index is 0.0317. The van der Waals surface area contributed by atoms with E-state index in [-0.39, 0.29) is 30.1 Å². The van der Waals surface area contributed by atoms with Gasteiger partial charge in [0, 0.05) is 18.8 Å². The summed E-state index contributed by atoms with van der Waals surface area (Å²) >= 11 is 0. The molecule has 0 radical (unpaired) electrons. The minimum Gasteiger partial charge on any atom is -0.373 e. The molecule has 146 valence electrons. The molecular weight excluding hydrogens is 342 g/mol. The molecule has 1 fully saturated rings. The van der Waals surface area contributed by atoms with Crippen molar-refractivity contribution in [3.05, 3.63) is 42.5 Å². The molecule has 1 aliphatic rings. The number of aromatic nitrogens is 3. The van der Waals surface area contributed by atoms with Crippen molar-refractivity contribution in [1.29, 1.82) is 0 Å². The number of rotatable bonds is 6. The lowest BCUT2D eigenvalue weighted by Crippen LogP contribution is -2.55. The molecule has 2 heterocycles. The predicted molar refractivity (Wildman–Crippen MR) is 104 cm³/mol. The van der Waals surface area contributed by atoms with Gasteiger partial charge in [0.2, 0.25) is 5.91 Å². The topological polar surface area (TPSA) is 72.3 Å². The molecule has 1 amide bonds. The summed E-state index contributed by atoms with van der Waals surface area (Å²) in [6.45, 7) is 10.5. The number of nitrogens with one attached hydrogen (secondary N) is 1. The molecule has 3 atom stereocenters. The van der Waals surface area contributed by atoms with Crippen LogP contribution in [0.3, 0.4) is 0 Å². The van der Waals surface area contributed by atoms with Crippen molar-refractivity contribution >= 4 is 11.6 Å². The fourth-order valence-corrected chi connectivity index (χ4v) is 3.80. The minimum atomic E-state index is -0.183. The normalized spacial score (nSPS) is 22.0. The lowest BCUT2D eigenvalue weighted by molar-refractivity contribution is -0.130. The van der Waals surface area contributed by atoms with E-state index in [0.29, 0.717) is 6.54 Å². The van der Waals surface area contributed by atoms with Gasteiger partial charge in [-0.25, -0.2) is 9.67 Å². The first-order valence-corrected chi connectivity index (χ1v) is 9.54. The van der Waals surface area contributed by atoms with Crippen LogP contribution < -0.4 is 5.32 Å². The van der Waals surface area contributed by atoms with Crippen LogP contribution >= 0.6 is 0 Å². The Morgan fingerprint density at radius 1 is 1.30 bits per heavy atom. The number of benzene rings is 1. The van der Waals surface area contributed by atoms with Crippen LogP contribution in [0, 0.1) is 5.92 Å². The second kappa shape index (κ2) is 8.63. The number of anilines is 1. The maximum absolute atomic E-state index is 13.1.